The maximum atomic E-state index is 12.1. The molecular weight excluding hydrogens is 310 g/mol. The summed E-state index contributed by atoms with van der Waals surface area (Å²) in [5.74, 6) is 0.625. The number of benzene rings is 1. The minimum atomic E-state index is -0.172. The molecule has 0 radical (unpaired) electrons. The van der Waals surface area contributed by atoms with Crippen LogP contribution in [0, 0.1) is 6.92 Å². The van der Waals surface area contributed by atoms with Gasteiger partial charge < -0.3 is 10.1 Å². The van der Waals surface area contributed by atoms with E-state index in [1.54, 1.807) is 13.2 Å². The topological polar surface area (TPSA) is 55.4 Å². The predicted octanol–water partition coefficient (Wildman–Crippen LogP) is 3.91. The molecule has 23 heavy (non-hydrogen) atoms. The van der Waals surface area contributed by atoms with Crippen LogP contribution in [0.3, 0.4) is 0 Å². The van der Waals surface area contributed by atoms with E-state index < -0.39 is 0 Å². The number of methoxy groups -OCH3 is 1. The van der Waals surface area contributed by atoms with Crippen molar-refractivity contribution < 1.29 is 14.3 Å². The molecule has 2 rings (SSSR count). The fourth-order valence-electron chi connectivity index (χ4n) is 2.37. The summed E-state index contributed by atoms with van der Waals surface area (Å²) in [7, 11) is 1.61. The summed E-state index contributed by atoms with van der Waals surface area (Å²) >= 11 is 1.40. The van der Waals surface area contributed by atoms with Crippen molar-refractivity contribution in [1.82, 2.24) is 5.32 Å². The van der Waals surface area contributed by atoms with Crippen LogP contribution in [0.15, 0.2) is 35.7 Å². The lowest BCUT2D eigenvalue weighted by atomic mass is 10.0. The highest BCUT2D eigenvalue weighted by Gasteiger charge is 2.16. The lowest BCUT2D eigenvalue weighted by Crippen LogP contribution is -2.27. The third-order valence-corrected chi connectivity index (χ3v) is 4.52. The van der Waals surface area contributed by atoms with E-state index in [4.69, 9.17) is 4.74 Å². The van der Waals surface area contributed by atoms with Gasteiger partial charge in [-0.15, -0.1) is 11.3 Å². The van der Waals surface area contributed by atoms with Crippen molar-refractivity contribution in [3.63, 3.8) is 0 Å². The van der Waals surface area contributed by atoms with Gasteiger partial charge in [0.05, 0.1) is 18.0 Å². The summed E-state index contributed by atoms with van der Waals surface area (Å²) in [5.41, 5.74) is 2.04. The Morgan fingerprint density at radius 1 is 1.26 bits per heavy atom. The van der Waals surface area contributed by atoms with Gasteiger partial charge in [-0.25, -0.2) is 0 Å². The van der Waals surface area contributed by atoms with Crippen LogP contribution in [-0.2, 0) is 4.79 Å². The van der Waals surface area contributed by atoms with E-state index in [0.29, 0.717) is 4.88 Å². The van der Waals surface area contributed by atoms with Crippen LogP contribution in [-0.4, -0.2) is 18.8 Å². The van der Waals surface area contributed by atoms with Gasteiger partial charge in [-0.1, -0.05) is 23.8 Å². The molecule has 1 amide bonds. The molecule has 2 aromatic rings. The maximum absolute atomic E-state index is 12.1. The standard InChI is InChI=1S/C18H21NO3S/c1-12-6-8-16(22-3)14(11-12)13(2)19-18(21)9-7-15(20)17-5-4-10-23-17/h4-6,8,10-11,13H,7,9H2,1-3H3,(H,19,21). The number of ether oxygens (including phenoxy) is 1. The fraction of sp³-hybridized carbons (Fsp3) is 0.333. The second-order valence-electron chi connectivity index (χ2n) is 5.44. The average molecular weight is 331 g/mol. The highest BCUT2D eigenvalue weighted by atomic mass is 32.1. The number of hydrogen-bond acceptors (Lipinski definition) is 4. The van der Waals surface area contributed by atoms with Gasteiger partial charge in [0.15, 0.2) is 5.78 Å². The van der Waals surface area contributed by atoms with E-state index in [2.05, 4.69) is 5.32 Å². The van der Waals surface area contributed by atoms with Crippen molar-refractivity contribution in [1.29, 1.82) is 0 Å². The molecule has 1 aromatic heterocycles. The summed E-state index contributed by atoms with van der Waals surface area (Å²) in [5, 5.41) is 4.79. The van der Waals surface area contributed by atoms with E-state index >= 15 is 0 Å². The molecule has 0 aliphatic heterocycles. The molecule has 1 aromatic carbocycles. The van der Waals surface area contributed by atoms with Gasteiger partial charge in [0.1, 0.15) is 5.75 Å². The Bertz CT molecular complexity index is 680. The third kappa shape index (κ3) is 4.66. The van der Waals surface area contributed by atoms with E-state index in [0.717, 1.165) is 16.9 Å². The Hall–Kier alpha value is -2.14. The molecule has 4 nitrogen and oxygen atoms in total. The number of Topliss-reactive ketones (excluding diaryl/α,β-unsaturated/α-hetero) is 1. The van der Waals surface area contributed by atoms with Crippen LogP contribution >= 0.6 is 11.3 Å². The minimum absolute atomic E-state index is 0.0101. The molecule has 0 saturated heterocycles. The molecule has 1 atom stereocenters. The van der Waals surface area contributed by atoms with Crippen LogP contribution < -0.4 is 10.1 Å². The minimum Gasteiger partial charge on any atom is -0.496 e. The summed E-state index contributed by atoms with van der Waals surface area (Å²) in [6, 6.07) is 9.31. The molecule has 5 heteroatoms. The van der Waals surface area contributed by atoms with Crippen LogP contribution in [0.4, 0.5) is 0 Å². The molecular formula is C18H21NO3S. The van der Waals surface area contributed by atoms with Gasteiger partial charge in [0.2, 0.25) is 5.91 Å². The fourth-order valence-corrected chi connectivity index (χ4v) is 3.07. The Morgan fingerprint density at radius 3 is 2.70 bits per heavy atom. The number of hydrogen-bond donors (Lipinski definition) is 1. The summed E-state index contributed by atoms with van der Waals surface area (Å²) in [6.45, 7) is 3.91. The molecule has 0 bridgehead atoms. The highest BCUT2D eigenvalue weighted by molar-refractivity contribution is 7.12. The Morgan fingerprint density at radius 2 is 2.04 bits per heavy atom. The largest absolute Gasteiger partial charge is 0.496 e. The number of amides is 1. The number of carbonyl (C=O) groups excluding carboxylic acids is 2. The molecule has 0 aliphatic carbocycles. The van der Waals surface area contributed by atoms with Crippen molar-refractivity contribution in [3.05, 3.63) is 51.7 Å². The third-order valence-electron chi connectivity index (χ3n) is 3.60. The molecule has 0 saturated carbocycles. The van der Waals surface area contributed by atoms with Crippen molar-refractivity contribution >= 4 is 23.0 Å². The number of rotatable bonds is 7. The zero-order valence-corrected chi connectivity index (χ0v) is 14.4. The molecule has 1 N–H and O–H groups in total. The first kappa shape index (κ1) is 17.2. The number of aryl methyl sites for hydroxylation is 1. The maximum Gasteiger partial charge on any atom is 0.220 e. The number of nitrogens with one attached hydrogen (secondary N) is 1. The monoisotopic (exact) mass is 331 g/mol. The number of ketones is 1. The zero-order valence-electron chi connectivity index (χ0n) is 13.6. The van der Waals surface area contributed by atoms with Crippen molar-refractivity contribution in [2.24, 2.45) is 0 Å². The lowest BCUT2D eigenvalue weighted by Gasteiger charge is -2.18. The first-order valence-electron chi connectivity index (χ1n) is 7.52. The van der Waals surface area contributed by atoms with Gasteiger partial charge in [-0.05, 0) is 31.4 Å². The smallest absolute Gasteiger partial charge is 0.220 e. The summed E-state index contributed by atoms with van der Waals surface area (Å²) in [6.07, 6.45) is 0.416. The summed E-state index contributed by atoms with van der Waals surface area (Å²) < 4.78 is 5.35. The Labute approximate surface area is 140 Å². The van der Waals surface area contributed by atoms with Gasteiger partial charge in [-0.3, -0.25) is 9.59 Å². The highest BCUT2D eigenvalue weighted by Crippen LogP contribution is 2.26. The van der Waals surface area contributed by atoms with E-state index in [-0.39, 0.29) is 30.6 Å². The van der Waals surface area contributed by atoms with Gasteiger partial charge >= 0.3 is 0 Å². The van der Waals surface area contributed by atoms with E-state index in [1.165, 1.54) is 11.3 Å². The van der Waals surface area contributed by atoms with Crippen LogP contribution in [0.25, 0.3) is 0 Å². The summed E-state index contributed by atoms with van der Waals surface area (Å²) in [4.78, 5) is 24.7. The van der Waals surface area contributed by atoms with Crippen LogP contribution in [0.1, 0.15) is 46.6 Å². The quantitative estimate of drug-likeness (QED) is 0.783. The van der Waals surface area contributed by atoms with Crippen molar-refractivity contribution in [2.45, 2.75) is 32.7 Å². The predicted molar refractivity (Wildman–Crippen MR) is 92.2 cm³/mol. The van der Waals surface area contributed by atoms with Gasteiger partial charge in [-0.2, -0.15) is 0 Å². The molecule has 0 aliphatic rings. The molecule has 1 unspecified atom stereocenters. The number of thiophene rings is 1. The van der Waals surface area contributed by atoms with E-state index in [1.807, 2.05) is 43.5 Å². The second kappa shape index (κ2) is 7.92. The second-order valence-corrected chi connectivity index (χ2v) is 6.38. The van der Waals surface area contributed by atoms with Crippen molar-refractivity contribution in [3.8, 4) is 5.75 Å². The lowest BCUT2D eigenvalue weighted by molar-refractivity contribution is -0.121. The molecule has 0 spiro atoms. The van der Waals surface area contributed by atoms with Gasteiger partial charge in [0, 0.05) is 18.4 Å². The number of carbonyl (C=O) groups is 2. The molecule has 0 fully saturated rings. The van der Waals surface area contributed by atoms with Crippen LogP contribution in [0.5, 0.6) is 5.75 Å². The van der Waals surface area contributed by atoms with Crippen molar-refractivity contribution in [2.75, 3.05) is 7.11 Å². The SMILES string of the molecule is COc1ccc(C)cc1C(C)NC(=O)CCC(=O)c1cccs1. The Balaban J connectivity index is 1.92. The Kier molecular flexibility index (Phi) is 5.93. The van der Waals surface area contributed by atoms with Crippen LogP contribution in [0.2, 0.25) is 0 Å². The molecule has 122 valence electrons. The first-order valence-corrected chi connectivity index (χ1v) is 8.40. The van der Waals surface area contributed by atoms with Gasteiger partial charge in [0.25, 0.3) is 0 Å². The zero-order chi connectivity index (χ0) is 16.8. The first-order chi connectivity index (χ1) is 11.0. The normalized spacial score (nSPS) is 11.8. The van der Waals surface area contributed by atoms with E-state index in [9.17, 15) is 9.59 Å². The molecule has 1 heterocycles. The average Bonchev–Trinajstić information content (AvgIpc) is 3.07.